The fourth-order valence-corrected chi connectivity index (χ4v) is 4.59. The van der Waals surface area contributed by atoms with Crippen molar-refractivity contribution in [1.82, 2.24) is 14.9 Å². The van der Waals surface area contributed by atoms with E-state index in [9.17, 15) is 9.90 Å². The van der Waals surface area contributed by atoms with Gasteiger partial charge in [-0.15, -0.1) is 0 Å². The maximum Gasteiger partial charge on any atom is 0.405 e. The van der Waals surface area contributed by atoms with E-state index in [4.69, 9.17) is 39.8 Å². The van der Waals surface area contributed by atoms with Gasteiger partial charge in [-0.05, 0) is 37.1 Å². The topological polar surface area (TPSA) is 70.4 Å². The van der Waals surface area contributed by atoms with Crippen LogP contribution < -0.4 is 10.2 Å². The number of hydrogen-bond donors (Lipinski definition) is 2. The fourth-order valence-electron chi connectivity index (χ4n) is 3.88. The van der Waals surface area contributed by atoms with Crippen LogP contribution in [-0.4, -0.2) is 27.3 Å². The molecule has 2 aromatic carbocycles. The summed E-state index contributed by atoms with van der Waals surface area (Å²) in [6, 6.07) is 8.67. The number of nitrogens with zero attached hydrogens (tertiary/aromatic N) is 3. The Morgan fingerprint density at radius 1 is 1.21 bits per heavy atom. The molecule has 4 rings (SSSR count). The lowest BCUT2D eigenvalue weighted by Crippen LogP contribution is -2.29. The van der Waals surface area contributed by atoms with E-state index in [2.05, 4.69) is 9.88 Å². The first kappa shape index (κ1) is 20.1. The van der Waals surface area contributed by atoms with E-state index >= 15 is 0 Å². The molecule has 0 saturated heterocycles. The molecule has 1 aromatic heterocycles. The predicted octanol–water partition coefficient (Wildman–Crippen LogP) is 6.26. The lowest BCUT2D eigenvalue weighted by molar-refractivity contribution is 0.189. The number of hydrogen-bond acceptors (Lipinski definition) is 3. The summed E-state index contributed by atoms with van der Waals surface area (Å²) < 4.78 is 2.09. The summed E-state index contributed by atoms with van der Waals surface area (Å²) in [6.45, 7) is 3.45. The van der Waals surface area contributed by atoms with E-state index in [-0.39, 0.29) is 6.04 Å². The van der Waals surface area contributed by atoms with Gasteiger partial charge in [0.2, 0.25) is 5.95 Å². The second-order valence-electron chi connectivity index (χ2n) is 6.91. The third kappa shape index (κ3) is 3.61. The first-order chi connectivity index (χ1) is 13.9. The highest BCUT2D eigenvalue weighted by Crippen LogP contribution is 2.40. The largest absolute Gasteiger partial charge is 0.465 e. The molecule has 0 spiro atoms. The second kappa shape index (κ2) is 7.94. The second-order valence-corrected chi connectivity index (χ2v) is 8.16. The standard InChI is InChI=1S/C20H19Cl3N4O2/c1-2-15(24-20(28)29)12-5-6-13(22)17-18(12)27-9-3-8-26(19(27)25-17)16-7-4-11(21)10-14(16)23/h4-7,10,15,24H,2-3,8-9H2,1H3,(H,28,29). The number of aromatic nitrogens is 2. The monoisotopic (exact) mass is 452 g/mol. The van der Waals surface area contributed by atoms with Gasteiger partial charge in [-0.1, -0.05) is 47.8 Å². The van der Waals surface area contributed by atoms with Gasteiger partial charge in [0.15, 0.2) is 0 Å². The molecule has 0 fully saturated rings. The van der Waals surface area contributed by atoms with Gasteiger partial charge in [0.25, 0.3) is 0 Å². The third-order valence-corrected chi connectivity index (χ3v) is 5.99. The molecule has 2 N–H and O–H groups in total. The van der Waals surface area contributed by atoms with Gasteiger partial charge in [-0.2, -0.15) is 0 Å². The van der Waals surface area contributed by atoms with Gasteiger partial charge in [-0.25, -0.2) is 9.78 Å². The van der Waals surface area contributed by atoms with Crippen molar-refractivity contribution >= 4 is 63.6 Å². The molecule has 1 atom stereocenters. The molecular weight excluding hydrogens is 435 g/mol. The third-order valence-electron chi connectivity index (χ3n) is 5.14. The Balaban J connectivity index is 1.91. The number of anilines is 2. The molecular formula is C20H19Cl3N4O2. The Morgan fingerprint density at radius 3 is 2.69 bits per heavy atom. The van der Waals surface area contributed by atoms with Crippen LogP contribution in [0, 0.1) is 0 Å². The predicted molar refractivity (Wildman–Crippen MR) is 117 cm³/mol. The Bertz CT molecular complexity index is 1100. The van der Waals surface area contributed by atoms with Crippen LogP contribution in [0.2, 0.25) is 15.1 Å². The SMILES string of the molecule is CCC(NC(=O)O)c1ccc(Cl)c2nc3n(c12)CCCN3c1ccc(Cl)cc1Cl. The molecule has 2 heterocycles. The summed E-state index contributed by atoms with van der Waals surface area (Å²) in [5.74, 6) is 0.731. The summed E-state index contributed by atoms with van der Waals surface area (Å²) in [5.41, 5.74) is 3.18. The number of amides is 1. The number of fused-ring (bicyclic) bond motifs is 3. The number of rotatable bonds is 4. The van der Waals surface area contributed by atoms with Gasteiger partial charge in [-0.3, -0.25) is 0 Å². The number of halogens is 3. The minimum Gasteiger partial charge on any atom is -0.465 e. The minimum atomic E-state index is -1.06. The Labute approximate surface area is 183 Å². The van der Waals surface area contributed by atoms with E-state index < -0.39 is 6.09 Å². The van der Waals surface area contributed by atoms with Crippen molar-refractivity contribution in [3.05, 3.63) is 51.0 Å². The first-order valence-electron chi connectivity index (χ1n) is 9.31. The van der Waals surface area contributed by atoms with Crippen molar-refractivity contribution in [2.45, 2.75) is 32.4 Å². The van der Waals surface area contributed by atoms with E-state index in [1.54, 1.807) is 18.2 Å². The number of aryl methyl sites for hydroxylation is 1. The van der Waals surface area contributed by atoms with Crippen molar-refractivity contribution in [3.63, 3.8) is 0 Å². The van der Waals surface area contributed by atoms with Crippen molar-refractivity contribution in [3.8, 4) is 0 Å². The molecule has 1 unspecified atom stereocenters. The molecule has 0 bridgehead atoms. The van der Waals surface area contributed by atoms with E-state index in [0.717, 1.165) is 42.2 Å². The maximum atomic E-state index is 11.3. The van der Waals surface area contributed by atoms with Crippen LogP contribution in [0.5, 0.6) is 0 Å². The van der Waals surface area contributed by atoms with Crippen LogP contribution in [0.1, 0.15) is 31.4 Å². The minimum absolute atomic E-state index is 0.359. The van der Waals surface area contributed by atoms with Crippen molar-refractivity contribution < 1.29 is 9.90 Å². The molecule has 0 radical (unpaired) electrons. The highest BCUT2D eigenvalue weighted by molar-refractivity contribution is 6.36. The van der Waals surface area contributed by atoms with Crippen molar-refractivity contribution in [2.24, 2.45) is 0 Å². The lowest BCUT2D eigenvalue weighted by Gasteiger charge is -2.30. The zero-order chi connectivity index (χ0) is 20.7. The van der Waals surface area contributed by atoms with Crippen LogP contribution in [0.3, 0.4) is 0 Å². The molecule has 6 nitrogen and oxygen atoms in total. The van der Waals surface area contributed by atoms with Crippen LogP contribution in [0.15, 0.2) is 30.3 Å². The van der Waals surface area contributed by atoms with Crippen molar-refractivity contribution in [1.29, 1.82) is 0 Å². The van der Waals surface area contributed by atoms with Crippen LogP contribution >= 0.6 is 34.8 Å². The molecule has 0 aliphatic carbocycles. The lowest BCUT2D eigenvalue weighted by atomic mass is 10.0. The van der Waals surface area contributed by atoms with Gasteiger partial charge < -0.3 is 19.9 Å². The Kier molecular flexibility index (Phi) is 5.51. The van der Waals surface area contributed by atoms with Crippen LogP contribution in [-0.2, 0) is 6.54 Å². The van der Waals surface area contributed by atoms with Gasteiger partial charge in [0, 0.05) is 23.7 Å². The average Bonchev–Trinajstić information content (AvgIpc) is 3.08. The van der Waals surface area contributed by atoms with Crippen LogP contribution in [0.25, 0.3) is 11.0 Å². The molecule has 1 aliphatic heterocycles. The smallest absolute Gasteiger partial charge is 0.405 e. The molecule has 9 heteroatoms. The number of benzene rings is 2. The molecule has 3 aromatic rings. The zero-order valence-electron chi connectivity index (χ0n) is 15.6. The van der Waals surface area contributed by atoms with Gasteiger partial charge >= 0.3 is 6.09 Å². The van der Waals surface area contributed by atoms with E-state index in [0.29, 0.717) is 27.0 Å². The molecule has 1 amide bonds. The van der Waals surface area contributed by atoms with E-state index in [1.165, 1.54) is 0 Å². The zero-order valence-corrected chi connectivity index (χ0v) is 17.9. The quantitative estimate of drug-likeness (QED) is 0.489. The highest BCUT2D eigenvalue weighted by atomic mass is 35.5. The number of nitrogens with one attached hydrogen (secondary N) is 1. The number of imidazole rings is 1. The first-order valence-corrected chi connectivity index (χ1v) is 10.4. The normalized spacial score (nSPS) is 14.7. The number of carbonyl (C=O) groups is 1. The summed E-state index contributed by atoms with van der Waals surface area (Å²) in [6.07, 6.45) is 0.427. The molecule has 1 aliphatic rings. The Hall–Kier alpha value is -2.15. The highest BCUT2D eigenvalue weighted by Gasteiger charge is 2.28. The molecule has 0 saturated carbocycles. The summed E-state index contributed by atoms with van der Waals surface area (Å²) in [4.78, 5) is 18.2. The van der Waals surface area contributed by atoms with E-state index in [1.807, 2.05) is 24.0 Å². The summed E-state index contributed by atoms with van der Waals surface area (Å²) >= 11 is 19.0. The average molecular weight is 454 g/mol. The molecule has 152 valence electrons. The van der Waals surface area contributed by atoms with Gasteiger partial charge in [0.05, 0.1) is 27.3 Å². The summed E-state index contributed by atoms with van der Waals surface area (Å²) in [7, 11) is 0. The van der Waals surface area contributed by atoms with Crippen molar-refractivity contribution in [2.75, 3.05) is 11.4 Å². The number of carboxylic acid groups (broad SMARTS) is 1. The Morgan fingerprint density at radius 2 is 2.00 bits per heavy atom. The maximum absolute atomic E-state index is 11.3. The van der Waals surface area contributed by atoms with Gasteiger partial charge in [0.1, 0.15) is 5.52 Å². The fraction of sp³-hybridized carbons (Fsp3) is 0.300. The molecule has 29 heavy (non-hydrogen) atoms. The van der Waals surface area contributed by atoms with Crippen LogP contribution in [0.4, 0.5) is 16.4 Å². The summed E-state index contributed by atoms with van der Waals surface area (Å²) in [5, 5.41) is 13.5.